The highest BCUT2D eigenvalue weighted by Gasteiger charge is 2.25. The summed E-state index contributed by atoms with van der Waals surface area (Å²) < 4.78 is 36.3. The number of hydrogen-bond donors (Lipinski definition) is 2. The third kappa shape index (κ3) is 6.22. The summed E-state index contributed by atoms with van der Waals surface area (Å²) in [6, 6.07) is 7.62. The van der Waals surface area contributed by atoms with Gasteiger partial charge in [-0.2, -0.15) is 4.31 Å². The van der Waals surface area contributed by atoms with Crippen LogP contribution in [0.15, 0.2) is 24.3 Å². The largest absolute Gasteiger partial charge is 0.497 e. The van der Waals surface area contributed by atoms with Crippen LogP contribution in [0.25, 0.3) is 0 Å². The van der Waals surface area contributed by atoms with Gasteiger partial charge in [0.05, 0.1) is 26.1 Å². The van der Waals surface area contributed by atoms with Crippen LogP contribution in [-0.4, -0.2) is 84.1 Å². The number of methoxy groups -OCH3 is 1. The number of hydrogen-bond acceptors (Lipinski definition) is 6. The van der Waals surface area contributed by atoms with Gasteiger partial charge in [-0.3, -0.25) is 0 Å². The number of nitrogens with zero attached hydrogens (tertiary/aromatic N) is 2. The van der Waals surface area contributed by atoms with Crippen LogP contribution in [0.1, 0.15) is 6.42 Å². The van der Waals surface area contributed by atoms with Crippen LogP contribution in [0, 0.1) is 5.92 Å². The molecular formula is C19H30N4O5S. The molecule has 2 aliphatic heterocycles. The number of sulfonamides is 1. The summed E-state index contributed by atoms with van der Waals surface area (Å²) >= 11 is 0. The van der Waals surface area contributed by atoms with Gasteiger partial charge in [-0.1, -0.05) is 6.07 Å². The molecular weight excluding hydrogens is 396 g/mol. The molecule has 1 unspecified atom stereocenters. The zero-order valence-corrected chi connectivity index (χ0v) is 17.6. The van der Waals surface area contributed by atoms with Crippen LogP contribution >= 0.6 is 0 Å². The van der Waals surface area contributed by atoms with E-state index < -0.39 is 10.0 Å². The van der Waals surface area contributed by atoms with Gasteiger partial charge in [-0.25, -0.2) is 13.2 Å². The van der Waals surface area contributed by atoms with E-state index in [1.54, 1.807) is 7.11 Å². The maximum absolute atomic E-state index is 12.2. The van der Waals surface area contributed by atoms with Gasteiger partial charge >= 0.3 is 6.03 Å². The molecule has 0 bridgehead atoms. The molecule has 29 heavy (non-hydrogen) atoms. The lowest BCUT2D eigenvalue weighted by atomic mass is 10.1. The molecule has 2 N–H and O–H groups in total. The fourth-order valence-electron chi connectivity index (χ4n) is 3.59. The van der Waals surface area contributed by atoms with E-state index in [0.717, 1.165) is 30.9 Å². The Labute approximate surface area is 172 Å². The summed E-state index contributed by atoms with van der Waals surface area (Å²) in [6.45, 7) is 4.02. The average Bonchev–Trinajstić information content (AvgIpc) is 3.22. The third-order valence-electron chi connectivity index (χ3n) is 5.26. The molecule has 2 amide bonds. The molecule has 10 heteroatoms. The molecule has 0 aromatic heterocycles. The van der Waals surface area contributed by atoms with Crippen molar-refractivity contribution in [1.29, 1.82) is 0 Å². The Morgan fingerprint density at radius 3 is 2.79 bits per heavy atom. The summed E-state index contributed by atoms with van der Waals surface area (Å²) in [5.41, 5.74) is 1.12. The van der Waals surface area contributed by atoms with Crippen molar-refractivity contribution in [2.45, 2.75) is 6.42 Å². The van der Waals surface area contributed by atoms with Crippen LogP contribution < -0.4 is 20.3 Å². The molecule has 2 fully saturated rings. The Kier molecular flexibility index (Phi) is 7.57. The zero-order chi connectivity index (χ0) is 20.7. The fraction of sp³-hybridized carbons (Fsp3) is 0.632. The molecule has 2 saturated heterocycles. The number of benzene rings is 1. The molecule has 0 spiro atoms. The molecule has 0 saturated carbocycles. The monoisotopic (exact) mass is 426 g/mol. The van der Waals surface area contributed by atoms with Gasteiger partial charge in [-0.15, -0.1) is 0 Å². The zero-order valence-electron chi connectivity index (χ0n) is 16.8. The van der Waals surface area contributed by atoms with Crippen LogP contribution in [0.2, 0.25) is 0 Å². The summed E-state index contributed by atoms with van der Waals surface area (Å²) in [7, 11) is -1.71. The first-order valence-electron chi connectivity index (χ1n) is 9.94. The number of amides is 2. The SMILES string of the molecule is COc1cccc(N2CCC(CNC(=O)NCCS(=O)(=O)N3CCOCC3)C2)c1. The lowest BCUT2D eigenvalue weighted by Crippen LogP contribution is -2.45. The van der Waals surface area contributed by atoms with Crippen molar-refractivity contribution >= 4 is 21.7 Å². The van der Waals surface area contributed by atoms with E-state index in [4.69, 9.17) is 9.47 Å². The van der Waals surface area contributed by atoms with E-state index in [9.17, 15) is 13.2 Å². The summed E-state index contributed by atoms with van der Waals surface area (Å²) in [4.78, 5) is 14.3. The maximum atomic E-state index is 12.2. The minimum absolute atomic E-state index is 0.0894. The van der Waals surface area contributed by atoms with Crippen molar-refractivity contribution in [2.24, 2.45) is 5.92 Å². The minimum Gasteiger partial charge on any atom is -0.497 e. The number of carbonyl (C=O) groups is 1. The van der Waals surface area contributed by atoms with Crippen molar-refractivity contribution in [1.82, 2.24) is 14.9 Å². The van der Waals surface area contributed by atoms with Crippen LogP contribution in [-0.2, 0) is 14.8 Å². The van der Waals surface area contributed by atoms with Crippen molar-refractivity contribution in [3.63, 3.8) is 0 Å². The van der Waals surface area contributed by atoms with Gasteiger partial charge in [0.1, 0.15) is 5.75 Å². The van der Waals surface area contributed by atoms with Crippen molar-refractivity contribution in [2.75, 3.05) is 70.2 Å². The molecule has 0 aliphatic carbocycles. The van der Waals surface area contributed by atoms with E-state index in [0.29, 0.717) is 38.8 Å². The van der Waals surface area contributed by atoms with Crippen molar-refractivity contribution in [3.05, 3.63) is 24.3 Å². The summed E-state index contributed by atoms with van der Waals surface area (Å²) in [5, 5.41) is 5.50. The smallest absolute Gasteiger partial charge is 0.314 e. The van der Waals surface area contributed by atoms with Gasteiger partial charge in [0.15, 0.2) is 0 Å². The van der Waals surface area contributed by atoms with Gasteiger partial charge in [0.2, 0.25) is 10.0 Å². The quantitative estimate of drug-likeness (QED) is 0.627. The normalized spacial score (nSPS) is 20.4. The third-order valence-corrected chi connectivity index (χ3v) is 7.14. The lowest BCUT2D eigenvalue weighted by Gasteiger charge is -2.26. The number of rotatable bonds is 8. The fourth-order valence-corrected chi connectivity index (χ4v) is 4.91. The Balaban J connectivity index is 1.35. The van der Waals surface area contributed by atoms with Crippen molar-refractivity contribution in [3.8, 4) is 5.75 Å². The first-order valence-corrected chi connectivity index (χ1v) is 11.5. The second-order valence-corrected chi connectivity index (χ2v) is 9.35. The van der Waals surface area contributed by atoms with Gasteiger partial charge in [0.25, 0.3) is 0 Å². The molecule has 0 radical (unpaired) electrons. The molecule has 1 aromatic carbocycles. The Morgan fingerprint density at radius 2 is 2.03 bits per heavy atom. The number of nitrogens with one attached hydrogen (secondary N) is 2. The van der Waals surface area contributed by atoms with Gasteiger partial charge < -0.3 is 25.0 Å². The Morgan fingerprint density at radius 1 is 1.24 bits per heavy atom. The highest BCUT2D eigenvalue weighted by atomic mass is 32.2. The average molecular weight is 427 g/mol. The molecule has 3 rings (SSSR count). The van der Waals surface area contributed by atoms with Gasteiger partial charge in [0, 0.05) is 51.0 Å². The highest BCUT2D eigenvalue weighted by Crippen LogP contribution is 2.26. The highest BCUT2D eigenvalue weighted by molar-refractivity contribution is 7.89. The first kappa shape index (κ1) is 21.7. The predicted octanol–water partition coefficient (Wildman–Crippen LogP) is 0.483. The topological polar surface area (TPSA) is 100 Å². The number of morpholine rings is 1. The van der Waals surface area contributed by atoms with E-state index in [2.05, 4.69) is 21.6 Å². The molecule has 1 aromatic rings. The first-order chi connectivity index (χ1) is 14.0. The van der Waals surface area contributed by atoms with E-state index in [1.807, 2.05) is 18.2 Å². The number of ether oxygens (including phenoxy) is 2. The maximum Gasteiger partial charge on any atom is 0.314 e. The molecule has 162 valence electrons. The number of anilines is 1. The van der Waals surface area contributed by atoms with Crippen LogP contribution in [0.5, 0.6) is 5.75 Å². The molecule has 9 nitrogen and oxygen atoms in total. The number of carbonyl (C=O) groups excluding carboxylic acids is 1. The standard InChI is InChI=1S/C19H30N4O5S/c1-27-18-4-2-3-17(13-18)22-7-5-16(15-22)14-21-19(24)20-6-12-29(25,26)23-8-10-28-11-9-23/h2-4,13,16H,5-12,14-15H2,1H3,(H2,20,21,24). The molecule has 2 heterocycles. The Hall–Kier alpha value is -2.04. The molecule has 1 atom stereocenters. The van der Waals surface area contributed by atoms with E-state index in [1.165, 1.54) is 4.31 Å². The second-order valence-electron chi connectivity index (χ2n) is 7.27. The summed E-state index contributed by atoms with van der Waals surface area (Å²) in [6.07, 6.45) is 0.989. The molecule has 2 aliphatic rings. The number of urea groups is 1. The lowest BCUT2D eigenvalue weighted by molar-refractivity contribution is 0.0730. The Bertz CT molecular complexity index is 783. The van der Waals surface area contributed by atoms with Gasteiger partial charge in [-0.05, 0) is 24.5 Å². The summed E-state index contributed by atoms with van der Waals surface area (Å²) in [5.74, 6) is 1.08. The van der Waals surface area contributed by atoms with Crippen molar-refractivity contribution < 1.29 is 22.7 Å². The second kappa shape index (κ2) is 10.1. The minimum atomic E-state index is -3.36. The van der Waals surface area contributed by atoms with E-state index >= 15 is 0 Å². The predicted molar refractivity (Wildman–Crippen MR) is 111 cm³/mol. The van der Waals surface area contributed by atoms with Crippen LogP contribution in [0.3, 0.4) is 0 Å². The van der Waals surface area contributed by atoms with E-state index in [-0.39, 0.29) is 18.3 Å². The van der Waals surface area contributed by atoms with Crippen LogP contribution in [0.4, 0.5) is 10.5 Å².